The number of aryl methyl sites for hydroxylation is 1. The van der Waals surface area contributed by atoms with E-state index in [-0.39, 0.29) is 11.5 Å². The van der Waals surface area contributed by atoms with E-state index in [0.717, 1.165) is 23.8 Å². The predicted octanol–water partition coefficient (Wildman–Crippen LogP) is 6.10. The first-order chi connectivity index (χ1) is 13.5. The summed E-state index contributed by atoms with van der Waals surface area (Å²) in [6.07, 6.45) is 11.5. The highest BCUT2D eigenvalue weighted by atomic mass is 16.4. The van der Waals surface area contributed by atoms with Crippen LogP contribution >= 0.6 is 0 Å². The number of nitrogens with one attached hydrogen (secondary N) is 1. The molecule has 0 fully saturated rings. The number of fused-ring (bicyclic) bond motifs is 1. The summed E-state index contributed by atoms with van der Waals surface area (Å²) in [7, 11) is 0. The Morgan fingerprint density at radius 1 is 0.964 bits per heavy atom. The van der Waals surface area contributed by atoms with Crippen LogP contribution in [0.3, 0.4) is 0 Å². The van der Waals surface area contributed by atoms with Crippen molar-refractivity contribution in [1.29, 1.82) is 0 Å². The summed E-state index contributed by atoms with van der Waals surface area (Å²) in [5, 5.41) is 12.9. The summed E-state index contributed by atoms with van der Waals surface area (Å²) in [6, 6.07) is 6.70. The number of carboxylic acid groups (broad SMARTS) is 1. The Kier molecular flexibility index (Phi) is 8.92. The number of rotatable bonds is 12. The number of pyridine rings is 1. The molecule has 0 unspecified atom stereocenters. The second-order valence-corrected chi connectivity index (χ2v) is 7.49. The normalized spacial score (nSPS) is 10.9. The Hall–Kier alpha value is -2.43. The number of nitrogens with zero attached hydrogens (tertiary/aromatic N) is 1. The Bertz CT molecular complexity index is 802. The van der Waals surface area contributed by atoms with E-state index in [2.05, 4.69) is 17.2 Å². The highest BCUT2D eigenvalue weighted by Crippen LogP contribution is 2.22. The number of aromatic carboxylic acids is 1. The number of carbonyl (C=O) groups excluding carboxylic acids is 1. The van der Waals surface area contributed by atoms with Crippen molar-refractivity contribution >= 4 is 28.6 Å². The average Bonchev–Trinajstić information content (AvgIpc) is 2.66. The Morgan fingerprint density at radius 3 is 2.25 bits per heavy atom. The van der Waals surface area contributed by atoms with Crippen LogP contribution in [-0.4, -0.2) is 22.0 Å². The van der Waals surface area contributed by atoms with Gasteiger partial charge in [0.2, 0.25) is 5.91 Å². The smallest absolute Gasteiger partial charge is 0.335 e. The minimum Gasteiger partial charge on any atom is -0.478 e. The number of anilines is 1. The van der Waals surface area contributed by atoms with Gasteiger partial charge < -0.3 is 10.4 Å². The molecule has 5 nitrogen and oxygen atoms in total. The molecule has 0 spiro atoms. The highest BCUT2D eigenvalue weighted by molar-refractivity contribution is 5.96. The van der Waals surface area contributed by atoms with Gasteiger partial charge in [-0.3, -0.25) is 4.79 Å². The van der Waals surface area contributed by atoms with Gasteiger partial charge in [0.1, 0.15) is 5.82 Å². The van der Waals surface area contributed by atoms with Crippen LogP contribution in [-0.2, 0) is 4.79 Å². The second kappa shape index (κ2) is 11.4. The van der Waals surface area contributed by atoms with E-state index in [9.17, 15) is 9.59 Å². The van der Waals surface area contributed by atoms with Crippen LogP contribution in [0.25, 0.3) is 10.9 Å². The standard InChI is InChI=1S/C23H32N2O3/c1-3-4-5-6-7-8-9-10-11-12-22(26)25-21-15-17(2)19-14-13-18(23(27)28)16-20(19)24-21/h13-16H,3-12H2,1-2H3,(H,27,28)(H,24,25,26). The van der Waals surface area contributed by atoms with Gasteiger partial charge in [-0.1, -0.05) is 64.4 Å². The third-order valence-electron chi connectivity index (χ3n) is 5.04. The summed E-state index contributed by atoms with van der Waals surface area (Å²) < 4.78 is 0. The maximum atomic E-state index is 12.2. The zero-order valence-corrected chi connectivity index (χ0v) is 17.1. The first kappa shape index (κ1) is 21.9. The van der Waals surface area contributed by atoms with E-state index in [1.807, 2.05) is 13.0 Å². The van der Waals surface area contributed by atoms with E-state index >= 15 is 0 Å². The number of carboxylic acids is 1. The van der Waals surface area contributed by atoms with Crippen molar-refractivity contribution in [2.75, 3.05) is 5.32 Å². The summed E-state index contributed by atoms with van der Waals surface area (Å²) in [5.41, 5.74) is 1.73. The molecule has 152 valence electrons. The fraction of sp³-hybridized carbons (Fsp3) is 0.522. The number of hydrogen-bond acceptors (Lipinski definition) is 3. The number of aromatic nitrogens is 1. The average molecular weight is 385 g/mol. The second-order valence-electron chi connectivity index (χ2n) is 7.49. The number of benzene rings is 1. The fourth-order valence-electron chi connectivity index (χ4n) is 3.40. The largest absolute Gasteiger partial charge is 0.478 e. The van der Waals surface area contributed by atoms with Crippen LogP contribution in [0.2, 0.25) is 0 Å². The first-order valence-corrected chi connectivity index (χ1v) is 10.5. The van der Waals surface area contributed by atoms with Crippen LogP contribution < -0.4 is 5.32 Å². The van der Waals surface area contributed by atoms with Gasteiger partial charge in [-0.05, 0) is 37.1 Å². The lowest BCUT2D eigenvalue weighted by Gasteiger charge is -2.09. The van der Waals surface area contributed by atoms with E-state index in [1.54, 1.807) is 18.2 Å². The van der Waals surface area contributed by atoms with Gasteiger partial charge >= 0.3 is 5.97 Å². The van der Waals surface area contributed by atoms with Crippen molar-refractivity contribution in [3.63, 3.8) is 0 Å². The van der Waals surface area contributed by atoms with Crippen LogP contribution in [0.1, 0.15) is 87.1 Å². The summed E-state index contributed by atoms with van der Waals surface area (Å²) in [6.45, 7) is 4.16. The molecule has 1 aromatic heterocycles. The van der Waals surface area contributed by atoms with Crippen molar-refractivity contribution in [3.05, 3.63) is 35.4 Å². The minimum absolute atomic E-state index is 0.0383. The zero-order chi connectivity index (χ0) is 20.4. The lowest BCUT2D eigenvalue weighted by molar-refractivity contribution is -0.116. The van der Waals surface area contributed by atoms with Gasteiger partial charge in [0.15, 0.2) is 0 Å². The Labute approximate surface area is 167 Å². The van der Waals surface area contributed by atoms with Crippen LogP contribution in [0, 0.1) is 6.92 Å². The molecule has 1 aromatic carbocycles. The van der Waals surface area contributed by atoms with Gasteiger partial charge in [0, 0.05) is 11.8 Å². The lowest BCUT2D eigenvalue weighted by atomic mass is 10.1. The van der Waals surface area contributed by atoms with Crippen LogP contribution in [0.15, 0.2) is 24.3 Å². The highest BCUT2D eigenvalue weighted by Gasteiger charge is 2.09. The molecule has 1 amide bonds. The van der Waals surface area contributed by atoms with E-state index in [0.29, 0.717) is 17.8 Å². The quantitative estimate of drug-likeness (QED) is 0.433. The molecule has 0 saturated carbocycles. The molecule has 0 radical (unpaired) electrons. The van der Waals surface area contributed by atoms with Gasteiger partial charge in [-0.25, -0.2) is 9.78 Å². The number of unbranched alkanes of at least 4 members (excludes halogenated alkanes) is 8. The van der Waals surface area contributed by atoms with E-state index in [1.165, 1.54) is 44.9 Å². The maximum absolute atomic E-state index is 12.2. The van der Waals surface area contributed by atoms with Crippen LogP contribution in [0.4, 0.5) is 5.82 Å². The number of carbonyl (C=O) groups is 2. The summed E-state index contributed by atoms with van der Waals surface area (Å²) in [5.74, 6) is -0.543. The molecule has 0 saturated heterocycles. The molecular formula is C23H32N2O3. The molecule has 0 bridgehead atoms. The summed E-state index contributed by atoms with van der Waals surface area (Å²) in [4.78, 5) is 27.8. The molecule has 0 aliphatic rings. The van der Waals surface area contributed by atoms with Crippen LogP contribution in [0.5, 0.6) is 0 Å². The monoisotopic (exact) mass is 384 g/mol. The Balaban J connectivity index is 1.78. The molecule has 0 atom stereocenters. The fourth-order valence-corrected chi connectivity index (χ4v) is 3.40. The first-order valence-electron chi connectivity index (χ1n) is 10.5. The molecular weight excluding hydrogens is 352 g/mol. The van der Waals surface area contributed by atoms with E-state index < -0.39 is 5.97 Å². The molecule has 2 N–H and O–H groups in total. The van der Waals surface area contributed by atoms with Gasteiger partial charge in [0.05, 0.1) is 11.1 Å². The van der Waals surface area contributed by atoms with Crippen molar-refractivity contribution in [2.45, 2.75) is 78.1 Å². The van der Waals surface area contributed by atoms with Crippen molar-refractivity contribution in [1.82, 2.24) is 4.98 Å². The molecule has 5 heteroatoms. The molecule has 0 aliphatic heterocycles. The molecule has 28 heavy (non-hydrogen) atoms. The van der Waals surface area contributed by atoms with Gasteiger partial charge in [-0.15, -0.1) is 0 Å². The lowest BCUT2D eigenvalue weighted by Crippen LogP contribution is -2.12. The SMILES string of the molecule is CCCCCCCCCCCC(=O)Nc1cc(C)c2ccc(C(=O)O)cc2n1. The Morgan fingerprint density at radius 2 is 1.61 bits per heavy atom. The van der Waals surface area contributed by atoms with E-state index in [4.69, 9.17) is 5.11 Å². The third-order valence-corrected chi connectivity index (χ3v) is 5.04. The number of amides is 1. The number of hydrogen-bond donors (Lipinski definition) is 2. The maximum Gasteiger partial charge on any atom is 0.335 e. The van der Waals surface area contributed by atoms with Crippen molar-refractivity contribution < 1.29 is 14.7 Å². The van der Waals surface area contributed by atoms with Crippen molar-refractivity contribution in [3.8, 4) is 0 Å². The predicted molar refractivity (Wildman–Crippen MR) is 114 cm³/mol. The molecule has 0 aliphatic carbocycles. The van der Waals surface area contributed by atoms with Gasteiger partial charge in [0.25, 0.3) is 0 Å². The van der Waals surface area contributed by atoms with Crippen molar-refractivity contribution in [2.24, 2.45) is 0 Å². The summed E-state index contributed by atoms with van der Waals surface area (Å²) >= 11 is 0. The van der Waals surface area contributed by atoms with Gasteiger partial charge in [-0.2, -0.15) is 0 Å². The molecule has 2 aromatic rings. The minimum atomic E-state index is -0.985. The molecule has 2 rings (SSSR count). The third kappa shape index (κ3) is 6.95. The zero-order valence-electron chi connectivity index (χ0n) is 17.1. The molecule has 1 heterocycles. The topological polar surface area (TPSA) is 79.3 Å².